The number of hydrogen-bond donors (Lipinski definition) is 1. The largest absolute Gasteiger partial charge is 0.390 e. The van der Waals surface area contributed by atoms with Crippen molar-refractivity contribution in [3.63, 3.8) is 0 Å². The monoisotopic (exact) mass is 365 g/mol. The lowest BCUT2D eigenvalue weighted by molar-refractivity contribution is -0.130. The number of fused-ring (bicyclic) bond motifs is 1. The molecular formula is C15H22F3N3O2S. The highest BCUT2D eigenvalue weighted by Crippen LogP contribution is 2.42. The van der Waals surface area contributed by atoms with Gasteiger partial charge in [0.15, 0.2) is 0 Å². The Labute approximate surface area is 139 Å². The molecule has 2 aliphatic rings. The zero-order valence-electron chi connectivity index (χ0n) is 13.5. The fourth-order valence-electron chi connectivity index (χ4n) is 3.89. The average molecular weight is 365 g/mol. The normalized spacial score (nSPS) is 28.2. The van der Waals surface area contributed by atoms with Gasteiger partial charge in [0.05, 0.1) is 17.9 Å². The maximum Gasteiger partial charge on any atom is 0.390 e. The minimum atomic E-state index is -4.44. The third-order valence-electron chi connectivity index (χ3n) is 5.27. The minimum absolute atomic E-state index is 0.233. The number of aromatic nitrogens is 1. The molecule has 3 rings (SSSR count). The summed E-state index contributed by atoms with van der Waals surface area (Å²) in [5, 5.41) is 0. The highest BCUT2D eigenvalue weighted by atomic mass is 32.2. The van der Waals surface area contributed by atoms with E-state index in [0.717, 1.165) is 18.5 Å². The molecule has 0 unspecified atom stereocenters. The standard InChI is InChI=1S/C15H22F3N3O2S/c1-20(13-2-4-19-8-13)14-6-11-9-21(10-12(11)7-14)24(22,23)5-3-15(16,17)18/h2,4,8,11-12,14,19H,3,5-7,9-10H2,1H3/t11-,12+,14+. The predicted octanol–water partition coefficient (Wildman–Crippen LogP) is 2.44. The van der Waals surface area contributed by atoms with E-state index in [1.807, 2.05) is 25.5 Å². The molecule has 0 bridgehead atoms. The van der Waals surface area contributed by atoms with Crippen molar-refractivity contribution in [3.05, 3.63) is 18.5 Å². The van der Waals surface area contributed by atoms with E-state index in [2.05, 4.69) is 9.88 Å². The first kappa shape index (κ1) is 17.6. The van der Waals surface area contributed by atoms with E-state index in [1.54, 1.807) is 0 Å². The number of aromatic amines is 1. The maximum absolute atomic E-state index is 12.3. The van der Waals surface area contributed by atoms with Crippen LogP contribution >= 0.6 is 0 Å². The molecule has 24 heavy (non-hydrogen) atoms. The highest BCUT2D eigenvalue weighted by molar-refractivity contribution is 7.89. The van der Waals surface area contributed by atoms with Crippen LogP contribution in [0.2, 0.25) is 0 Å². The molecule has 9 heteroatoms. The van der Waals surface area contributed by atoms with Crippen LogP contribution in [-0.4, -0.2) is 55.8 Å². The van der Waals surface area contributed by atoms with Crippen LogP contribution in [0.15, 0.2) is 18.5 Å². The maximum atomic E-state index is 12.3. The zero-order chi connectivity index (χ0) is 17.5. The molecule has 0 radical (unpaired) electrons. The van der Waals surface area contributed by atoms with Crippen molar-refractivity contribution < 1.29 is 21.6 Å². The second-order valence-electron chi connectivity index (χ2n) is 6.82. The number of hydrogen-bond acceptors (Lipinski definition) is 3. The predicted molar refractivity (Wildman–Crippen MR) is 85.2 cm³/mol. The number of halogens is 3. The molecule has 2 heterocycles. The second-order valence-corrected chi connectivity index (χ2v) is 8.91. The molecule has 1 saturated heterocycles. The molecule has 1 aromatic heterocycles. The van der Waals surface area contributed by atoms with Crippen molar-refractivity contribution in [2.24, 2.45) is 11.8 Å². The molecule has 0 amide bonds. The van der Waals surface area contributed by atoms with E-state index in [4.69, 9.17) is 0 Å². The van der Waals surface area contributed by atoms with Crippen molar-refractivity contribution in [1.29, 1.82) is 0 Å². The Morgan fingerprint density at radius 3 is 2.42 bits per heavy atom. The molecule has 0 spiro atoms. The van der Waals surface area contributed by atoms with Crippen LogP contribution in [0.25, 0.3) is 0 Å². The first-order valence-corrected chi connectivity index (χ1v) is 9.67. The fourth-order valence-corrected chi connectivity index (χ4v) is 5.47. The Morgan fingerprint density at radius 1 is 1.29 bits per heavy atom. The van der Waals surface area contributed by atoms with Gasteiger partial charge in [-0.25, -0.2) is 12.7 Å². The Hall–Kier alpha value is -1.22. The van der Waals surface area contributed by atoms with Gasteiger partial charge < -0.3 is 9.88 Å². The first-order chi connectivity index (χ1) is 11.2. The summed E-state index contributed by atoms with van der Waals surface area (Å²) in [6.45, 7) is 0.699. The van der Waals surface area contributed by atoms with Crippen LogP contribution in [0.4, 0.5) is 18.9 Å². The number of anilines is 1. The van der Waals surface area contributed by atoms with Crippen LogP contribution in [0, 0.1) is 11.8 Å². The summed E-state index contributed by atoms with van der Waals surface area (Å²) in [6, 6.07) is 2.33. The van der Waals surface area contributed by atoms with Gasteiger partial charge >= 0.3 is 6.18 Å². The molecule has 136 valence electrons. The quantitative estimate of drug-likeness (QED) is 0.872. The van der Waals surface area contributed by atoms with Crippen LogP contribution in [-0.2, 0) is 10.0 Å². The molecule has 1 saturated carbocycles. The Bertz CT molecular complexity index is 646. The van der Waals surface area contributed by atoms with Crippen LogP contribution in [0.1, 0.15) is 19.3 Å². The zero-order valence-corrected chi connectivity index (χ0v) is 14.3. The molecule has 5 nitrogen and oxygen atoms in total. The Balaban J connectivity index is 1.57. The van der Waals surface area contributed by atoms with Crippen molar-refractivity contribution >= 4 is 15.7 Å². The molecule has 1 N–H and O–H groups in total. The molecule has 3 atom stereocenters. The van der Waals surface area contributed by atoms with Gasteiger partial charge in [0.1, 0.15) is 0 Å². The lowest BCUT2D eigenvalue weighted by Gasteiger charge is -2.27. The van der Waals surface area contributed by atoms with Gasteiger partial charge in [-0.1, -0.05) is 0 Å². The topological polar surface area (TPSA) is 56.4 Å². The molecule has 1 aliphatic carbocycles. The van der Waals surface area contributed by atoms with Crippen molar-refractivity contribution in [3.8, 4) is 0 Å². The number of rotatable bonds is 5. The first-order valence-electron chi connectivity index (χ1n) is 8.06. The SMILES string of the molecule is CN(c1cc[nH]c1)[C@H]1C[C@@H]2CN(S(=O)(=O)CCC(F)(F)F)C[C@@H]2C1. The minimum Gasteiger partial charge on any atom is -0.370 e. The van der Waals surface area contributed by atoms with Gasteiger partial charge in [0.25, 0.3) is 0 Å². The summed E-state index contributed by atoms with van der Waals surface area (Å²) in [4.78, 5) is 5.21. The summed E-state index contributed by atoms with van der Waals surface area (Å²) in [6.07, 6.45) is -0.194. The highest BCUT2D eigenvalue weighted by Gasteiger charge is 2.46. The third kappa shape index (κ3) is 3.72. The molecule has 1 aliphatic heterocycles. The second kappa shape index (κ2) is 6.25. The van der Waals surface area contributed by atoms with Gasteiger partial charge in [0, 0.05) is 38.6 Å². The van der Waals surface area contributed by atoms with Gasteiger partial charge in [-0.2, -0.15) is 13.2 Å². The molecule has 2 fully saturated rings. The number of nitrogens with zero attached hydrogens (tertiary/aromatic N) is 2. The summed E-state index contributed by atoms with van der Waals surface area (Å²) in [5.74, 6) is -0.378. The average Bonchev–Trinajstić information content (AvgIpc) is 3.18. The van der Waals surface area contributed by atoms with Gasteiger partial charge in [-0.3, -0.25) is 0 Å². The Kier molecular flexibility index (Phi) is 4.59. The van der Waals surface area contributed by atoms with E-state index in [1.165, 1.54) is 4.31 Å². The number of sulfonamides is 1. The van der Waals surface area contributed by atoms with E-state index >= 15 is 0 Å². The Morgan fingerprint density at radius 2 is 1.92 bits per heavy atom. The molecule has 0 aromatic carbocycles. The van der Waals surface area contributed by atoms with Crippen molar-refractivity contribution in [2.45, 2.75) is 31.5 Å². The third-order valence-corrected chi connectivity index (χ3v) is 7.07. The van der Waals surface area contributed by atoms with Crippen LogP contribution in [0.3, 0.4) is 0 Å². The molecule has 1 aromatic rings. The molecular weight excluding hydrogens is 343 g/mol. The van der Waals surface area contributed by atoms with E-state index in [9.17, 15) is 21.6 Å². The number of alkyl halides is 3. The van der Waals surface area contributed by atoms with E-state index in [-0.39, 0.29) is 11.8 Å². The van der Waals surface area contributed by atoms with E-state index in [0.29, 0.717) is 19.1 Å². The number of H-pyrrole nitrogens is 1. The summed E-state index contributed by atoms with van der Waals surface area (Å²) in [5.41, 5.74) is 1.09. The van der Waals surface area contributed by atoms with Crippen molar-refractivity contribution in [2.75, 3.05) is 30.8 Å². The summed E-state index contributed by atoms with van der Waals surface area (Å²) >= 11 is 0. The van der Waals surface area contributed by atoms with Gasteiger partial charge in [-0.15, -0.1) is 0 Å². The lowest BCUT2D eigenvalue weighted by atomic mass is 10.0. The van der Waals surface area contributed by atoms with Gasteiger partial charge in [-0.05, 0) is 30.7 Å². The van der Waals surface area contributed by atoms with Crippen LogP contribution in [0.5, 0.6) is 0 Å². The smallest absolute Gasteiger partial charge is 0.370 e. The lowest BCUT2D eigenvalue weighted by Crippen LogP contribution is -2.35. The summed E-state index contributed by atoms with van der Waals surface area (Å²) < 4.78 is 62.4. The van der Waals surface area contributed by atoms with Gasteiger partial charge in [0.2, 0.25) is 10.0 Å². The number of nitrogens with one attached hydrogen (secondary N) is 1. The van der Waals surface area contributed by atoms with E-state index < -0.39 is 28.4 Å². The fraction of sp³-hybridized carbons (Fsp3) is 0.733. The summed E-state index contributed by atoms with van der Waals surface area (Å²) in [7, 11) is -1.80. The van der Waals surface area contributed by atoms with Crippen molar-refractivity contribution in [1.82, 2.24) is 9.29 Å². The van der Waals surface area contributed by atoms with Crippen LogP contribution < -0.4 is 4.90 Å².